The standard InChI is InChI=1S/C19H32N4O.HI/c1-16(2)14-23-11-12-24-18(15-23)13-22-19(20-3)21-10-9-17-7-5-4-6-8-17;/h4-8,16,18H,9-15H2,1-3H3,(H2,20,21,22);1H. The van der Waals surface area contributed by atoms with Gasteiger partial charge in [-0.05, 0) is 17.9 Å². The second kappa shape index (κ2) is 12.5. The molecule has 2 rings (SSSR count). The topological polar surface area (TPSA) is 48.9 Å². The summed E-state index contributed by atoms with van der Waals surface area (Å²) < 4.78 is 5.87. The monoisotopic (exact) mass is 460 g/mol. The van der Waals surface area contributed by atoms with Crippen molar-refractivity contribution in [3.63, 3.8) is 0 Å². The predicted octanol–water partition coefficient (Wildman–Crippen LogP) is 2.37. The van der Waals surface area contributed by atoms with Crippen LogP contribution in [-0.2, 0) is 11.2 Å². The minimum Gasteiger partial charge on any atom is -0.374 e. The Morgan fingerprint density at radius 3 is 2.72 bits per heavy atom. The van der Waals surface area contributed by atoms with Crippen LogP contribution < -0.4 is 10.6 Å². The van der Waals surface area contributed by atoms with Gasteiger partial charge >= 0.3 is 0 Å². The smallest absolute Gasteiger partial charge is 0.191 e. The summed E-state index contributed by atoms with van der Waals surface area (Å²) >= 11 is 0. The Bertz CT molecular complexity index is 495. The lowest BCUT2D eigenvalue weighted by Gasteiger charge is -2.34. The molecule has 0 bridgehead atoms. The Hall–Kier alpha value is -0.860. The first-order valence-corrected chi connectivity index (χ1v) is 8.99. The number of ether oxygens (including phenoxy) is 1. The largest absolute Gasteiger partial charge is 0.374 e. The first-order valence-electron chi connectivity index (χ1n) is 8.99. The van der Waals surface area contributed by atoms with Gasteiger partial charge in [0, 0.05) is 39.8 Å². The molecule has 5 nitrogen and oxygen atoms in total. The first-order chi connectivity index (χ1) is 11.7. The molecule has 1 saturated heterocycles. The van der Waals surface area contributed by atoms with Gasteiger partial charge in [0.2, 0.25) is 0 Å². The molecule has 0 saturated carbocycles. The van der Waals surface area contributed by atoms with Gasteiger partial charge in [-0.1, -0.05) is 44.2 Å². The van der Waals surface area contributed by atoms with Crippen LogP contribution in [0.1, 0.15) is 19.4 Å². The average molecular weight is 460 g/mol. The number of guanidine groups is 1. The second-order valence-electron chi connectivity index (χ2n) is 6.76. The quantitative estimate of drug-likeness (QED) is 0.373. The molecule has 1 unspecified atom stereocenters. The average Bonchev–Trinajstić information content (AvgIpc) is 2.58. The molecule has 1 aromatic rings. The molecule has 0 spiro atoms. The van der Waals surface area contributed by atoms with Crippen LogP contribution in [0, 0.1) is 5.92 Å². The molecule has 25 heavy (non-hydrogen) atoms. The van der Waals surface area contributed by atoms with E-state index in [4.69, 9.17) is 4.74 Å². The number of aliphatic imine (C=N–C) groups is 1. The molecule has 1 heterocycles. The van der Waals surface area contributed by atoms with Crippen molar-refractivity contribution in [2.24, 2.45) is 10.9 Å². The minimum atomic E-state index is 0. The van der Waals surface area contributed by atoms with Gasteiger partial charge in [0.15, 0.2) is 5.96 Å². The molecule has 1 atom stereocenters. The van der Waals surface area contributed by atoms with Crippen LogP contribution in [0.2, 0.25) is 0 Å². The number of halogens is 1. The van der Waals surface area contributed by atoms with Crippen molar-refractivity contribution in [2.45, 2.75) is 26.4 Å². The normalized spacial score (nSPS) is 18.7. The Morgan fingerprint density at radius 1 is 1.28 bits per heavy atom. The fourth-order valence-electron chi connectivity index (χ4n) is 2.99. The van der Waals surface area contributed by atoms with E-state index in [1.807, 2.05) is 13.1 Å². The summed E-state index contributed by atoms with van der Waals surface area (Å²) in [5, 5.41) is 6.76. The summed E-state index contributed by atoms with van der Waals surface area (Å²) in [6.07, 6.45) is 1.22. The van der Waals surface area contributed by atoms with E-state index in [1.165, 1.54) is 5.56 Å². The molecular weight excluding hydrogens is 427 g/mol. The third-order valence-corrected chi connectivity index (χ3v) is 4.12. The van der Waals surface area contributed by atoms with Gasteiger partial charge in [0.1, 0.15) is 0 Å². The lowest BCUT2D eigenvalue weighted by molar-refractivity contribution is -0.0284. The van der Waals surface area contributed by atoms with E-state index in [0.29, 0.717) is 5.92 Å². The van der Waals surface area contributed by atoms with Crippen molar-refractivity contribution in [1.82, 2.24) is 15.5 Å². The number of hydrogen-bond donors (Lipinski definition) is 2. The fourth-order valence-corrected chi connectivity index (χ4v) is 2.99. The molecule has 6 heteroatoms. The third kappa shape index (κ3) is 8.87. The van der Waals surface area contributed by atoms with Gasteiger partial charge in [-0.2, -0.15) is 0 Å². The van der Waals surface area contributed by atoms with Crippen LogP contribution in [-0.4, -0.2) is 63.3 Å². The Balaban J connectivity index is 0.00000312. The molecular formula is C19H33IN4O. The highest BCUT2D eigenvalue weighted by molar-refractivity contribution is 14.0. The third-order valence-electron chi connectivity index (χ3n) is 4.12. The van der Waals surface area contributed by atoms with Crippen molar-refractivity contribution in [1.29, 1.82) is 0 Å². The van der Waals surface area contributed by atoms with Crippen LogP contribution in [0.25, 0.3) is 0 Å². The Labute approximate surface area is 169 Å². The summed E-state index contributed by atoms with van der Waals surface area (Å²) in [5.41, 5.74) is 1.33. The van der Waals surface area contributed by atoms with Gasteiger partial charge in [0.05, 0.1) is 12.7 Å². The van der Waals surface area contributed by atoms with Crippen LogP contribution >= 0.6 is 24.0 Å². The zero-order valence-electron chi connectivity index (χ0n) is 15.7. The number of morpholine rings is 1. The molecule has 0 aromatic heterocycles. The van der Waals surface area contributed by atoms with Crippen molar-refractivity contribution in [3.8, 4) is 0 Å². The summed E-state index contributed by atoms with van der Waals surface area (Å²) in [4.78, 5) is 6.79. The minimum absolute atomic E-state index is 0. The van der Waals surface area contributed by atoms with Crippen LogP contribution in [0.5, 0.6) is 0 Å². The van der Waals surface area contributed by atoms with Gasteiger partial charge < -0.3 is 15.4 Å². The number of rotatable bonds is 7. The molecule has 0 aliphatic carbocycles. The maximum Gasteiger partial charge on any atom is 0.191 e. The number of nitrogens with zero attached hydrogens (tertiary/aromatic N) is 2. The molecule has 1 aromatic carbocycles. The van der Waals surface area contributed by atoms with Crippen LogP contribution in [0.15, 0.2) is 35.3 Å². The maximum absolute atomic E-state index is 5.87. The van der Waals surface area contributed by atoms with E-state index >= 15 is 0 Å². The summed E-state index contributed by atoms with van der Waals surface area (Å²) in [6.45, 7) is 10.2. The highest BCUT2D eigenvalue weighted by Crippen LogP contribution is 2.07. The number of benzene rings is 1. The molecule has 1 aliphatic rings. The van der Waals surface area contributed by atoms with E-state index < -0.39 is 0 Å². The van der Waals surface area contributed by atoms with E-state index in [2.05, 4.69) is 58.6 Å². The first kappa shape index (κ1) is 22.2. The fraction of sp³-hybridized carbons (Fsp3) is 0.632. The van der Waals surface area contributed by atoms with E-state index in [0.717, 1.165) is 51.7 Å². The highest BCUT2D eigenvalue weighted by atomic mass is 127. The molecule has 0 amide bonds. The zero-order valence-corrected chi connectivity index (χ0v) is 18.0. The molecule has 2 N–H and O–H groups in total. The van der Waals surface area contributed by atoms with Gasteiger partial charge in [-0.25, -0.2) is 0 Å². The van der Waals surface area contributed by atoms with Crippen molar-refractivity contribution in [2.75, 3.05) is 46.4 Å². The lowest BCUT2D eigenvalue weighted by Crippen LogP contribution is -2.50. The van der Waals surface area contributed by atoms with Crippen molar-refractivity contribution >= 4 is 29.9 Å². The molecule has 0 radical (unpaired) electrons. The SMILES string of the molecule is CN=C(NCCc1ccccc1)NCC1CN(CC(C)C)CCO1.I. The van der Waals surface area contributed by atoms with Gasteiger partial charge in [0.25, 0.3) is 0 Å². The Kier molecular flexibility index (Phi) is 11.1. The van der Waals surface area contributed by atoms with Crippen molar-refractivity contribution in [3.05, 3.63) is 35.9 Å². The van der Waals surface area contributed by atoms with Crippen molar-refractivity contribution < 1.29 is 4.74 Å². The summed E-state index contributed by atoms with van der Waals surface area (Å²) in [7, 11) is 1.81. The second-order valence-corrected chi connectivity index (χ2v) is 6.76. The van der Waals surface area contributed by atoms with Gasteiger partial charge in [-0.3, -0.25) is 9.89 Å². The maximum atomic E-state index is 5.87. The van der Waals surface area contributed by atoms with Gasteiger partial charge in [-0.15, -0.1) is 24.0 Å². The number of nitrogens with one attached hydrogen (secondary N) is 2. The van der Waals surface area contributed by atoms with E-state index in [-0.39, 0.29) is 30.1 Å². The number of hydrogen-bond acceptors (Lipinski definition) is 3. The van der Waals surface area contributed by atoms with Crippen LogP contribution in [0.4, 0.5) is 0 Å². The van der Waals surface area contributed by atoms with E-state index in [9.17, 15) is 0 Å². The Morgan fingerprint density at radius 2 is 2.04 bits per heavy atom. The predicted molar refractivity (Wildman–Crippen MR) is 116 cm³/mol. The summed E-state index contributed by atoms with van der Waals surface area (Å²) in [5.74, 6) is 1.54. The van der Waals surface area contributed by atoms with Crippen LogP contribution in [0.3, 0.4) is 0 Å². The molecule has 142 valence electrons. The van der Waals surface area contributed by atoms with E-state index in [1.54, 1.807) is 0 Å². The highest BCUT2D eigenvalue weighted by Gasteiger charge is 2.20. The molecule has 1 aliphatic heterocycles. The zero-order chi connectivity index (χ0) is 17.2. The molecule has 1 fully saturated rings. The lowest BCUT2D eigenvalue weighted by atomic mass is 10.1. The summed E-state index contributed by atoms with van der Waals surface area (Å²) in [6, 6.07) is 10.5.